The molecule has 192 valence electrons. The number of aliphatic hydroxyl groups excluding tert-OH is 1. The molecule has 2 heterocycles. The fourth-order valence-electron chi connectivity index (χ4n) is 5.03. The number of likely N-dealkylation sites (tertiary alicyclic amines) is 1. The van der Waals surface area contributed by atoms with E-state index >= 15 is 0 Å². The Bertz CT molecular complexity index is 1210. The lowest BCUT2D eigenvalue weighted by molar-refractivity contribution is -0.126. The maximum atomic E-state index is 11.5. The lowest BCUT2D eigenvalue weighted by atomic mass is 9.72. The number of Topliss-reactive ketones (excluding diaryl/α,β-unsaturated/α-hetero) is 1. The first-order chi connectivity index (χ1) is 17.3. The van der Waals surface area contributed by atoms with Crippen LogP contribution in [0.15, 0.2) is 42.5 Å². The highest BCUT2D eigenvalue weighted by atomic mass is 16.5. The normalized spacial score (nSPS) is 16.5. The summed E-state index contributed by atoms with van der Waals surface area (Å²) in [5.41, 5.74) is 8.14. The van der Waals surface area contributed by atoms with E-state index in [2.05, 4.69) is 39.0 Å². The highest BCUT2D eigenvalue weighted by Crippen LogP contribution is 2.38. The van der Waals surface area contributed by atoms with Crippen LogP contribution >= 0.6 is 0 Å². The summed E-state index contributed by atoms with van der Waals surface area (Å²) in [4.78, 5) is 25.2. The number of carbonyl (C=O) groups excluding carboxylic acids is 1. The van der Waals surface area contributed by atoms with Crippen LogP contribution in [-0.4, -0.2) is 79.3 Å². The van der Waals surface area contributed by atoms with Crippen molar-refractivity contribution in [3.63, 3.8) is 0 Å². The number of likely N-dealkylation sites (N-methyl/N-ethyl adjacent to an activating group) is 1. The average Bonchev–Trinajstić information content (AvgIpc) is 2.89. The molecule has 1 atom stereocenters. The van der Waals surface area contributed by atoms with Gasteiger partial charge in [0.15, 0.2) is 17.3 Å². The zero-order chi connectivity index (χ0) is 25.9. The van der Waals surface area contributed by atoms with Crippen LogP contribution in [-0.2, 0) is 10.2 Å². The Morgan fingerprint density at radius 3 is 2.39 bits per heavy atom. The van der Waals surface area contributed by atoms with Crippen LogP contribution in [0.1, 0.15) is 25.3 Å². The van der Waals surface area contributed by atoms with Gasteiger partial charge in [0.25, 0.3) is 0 Å². The molecule has 0 radical (unpaired) electrons. The number of nitrogens with zero attached hydrogens (tertiary/aromatic N) is 4. The first kappa shape index (κ1) is 25.7. The number of rotatable bonds is 9. The van der Waals surface area contributed by atoms with E-state index in [0.717, 1.165) is 25.9 Å². The van der Waals surface area contributed by atoms with E-state index in [-0.39, 0.29) is 11.2 Å². The predicted octanol–water partition coefficient (Wildman–Crippen LogP) is 2.65. The maximum absolute atomic E-state index is 11.5. The third-order valence-corrected chi connectivity index (χ3v) is 7.20. The Hall–Kier alpha value is -3.43. The van der Waals surface area contributed by atoms with E-state index < -0.39 is 6.10 Å². The zero-order valence-electron chi connectivity index (χ0n) is 21.4. The molecule has 3 N–H and O–H groups in total. The molecule has 9 nitrogen and oxygen atoms in total. The number of carbonyl (C=O) groups is 1. The number of nitrogens with two attached hydrogens (primary N) is 1. The van der Waals surface area contributed by atoms with Gasteiger partial charge in [-0.2, -0.15) is 4.98 Å². The molecule has 1 aromatic heterocycles. The Morgan fingerprint density at radius 2 is 1.78 bits per heavy atom. The number of benzene rings is 2. The summed E-state index contributed by atoms with van der Waals surface area (Å²) >= 11 is 0. The van der Waals surface area contributed by atoms with Crippen molar-refractivity contribution in [2.75, 3.05) is 58.1 Å². The molecule has 0 amide bonds. The van der Waals surface area contributed by atoms with Crippen LogP contribution in [0, 0.1) is 0 Å². The standard InChI is InChI=1S/C27H35N5O4/c1-18(33)22(34)16-32-12-10-27(11-13-32,19-8-6-5-7-9-19)17-31(2)26-29-21-15-24(36-4)23(35-3)14-20(21)25(28)30-26/h5-9,14-15,22,34H,10-13,16-17H2,1-4H3,(H2,28,29,30)/t22-/m1/s1. The van der Waals surface area contributed by atoms with Gasteiger partial charge in [-0.3, -0.25) is 4.79 Å². The highest BCUT2D eigenvalue weighted by Gasteiger charge is 2.38. The number of aromatic nitrogens is 2. The Morgan fingerprint density at radius 1 is 1.14 bits per heavy atom. The molecule has 1 aliphatic heterocycles. The quantitative estimate of drug-likeness (QED) is 0.464. The minimum Gasteiger partial charge on any atom is -0.493 e. The number of ketones is 1. The fourth-order valence-corrected chi connectivity index (χ4v) is 5.03. The SMILES string of the molecule is COc1cc2nc(N(C)CC3(c4ccccc4)CCN(C[C@@H](O)C(C)=O)CC3)nc(N)c2cc1OC. The number of hydrogen-bond donors (Lipinski definition) is 2. The molecule has 2 aromatic carbocycles. The van der Waals surface area contributed by atoms with Gasteiger partial charge in [-0.15, -0.1) is 0 Å². The predicted molar refractivity (Wildman–Crippen MR) is 141 cm³/mol. The monoisotopic (exact) mass is 493 g/mol. The van der Waals surface area contributed by atoms with Crippen LogP contribution in [0.3, 0.4) is 0 Å². The third kappa shape index (κ3) is 5.22. The number of methoxy groups -OCH3 is 2. The van der Waals surface area contributed by atoms with Crippen LogP contribution in [0.5, 0.6) is 11.5 Å². The second-order valence-corrected chi connectivity index (χ2v) is 9.56. The van der Waals surface area contributed by atoms with Crippen LogP contribution in [0.25, 0.3) is 10.9 Å². The van der Waals surface area contributed by atoms with E-state index in [1.807, 2.05) is 19.2 Å². The van der Waals surface area contributed by atoms with Gasteiger partial charge in [0.1, 0.15) is 11.9 Å². The molecule has 3 aromatic rings. The van der Waals surface area contributed by atoms with E-state index in [1.165, 1.54) is 12.5 Å². The van der Waals surface area contributed by atoms with Gasteiger partial charge in [-0.05, 0) is 44.5 Å². The molecule has 0 aliphatic carbocycles. The van der Waals surface area contributed by atoms with Crippen molar-refractivity contribution in [1.82, 2.24) is 14.9 Å². The fraction of sp³-hybridized carbons (Fsp3) is 0.444. The lowest BCUT2D eigenvalue weighted by Crippen LogP contribution is -2.50. The average molecular weight is 494 g/mol. The smallest absolute Gasteiger partial charge is 0.227 e. The Balaban J connectivity index is 1.62. The largest absolute Gasteiger partial charge is 0.493 e. The van der Waals surface area contributed by atoms with Gasteiger partial charge < -0.3 is 30.1 Å². The summed E-state index contributed by atoms with van der Waals surface area (Å²) in [7, 11) is 5.16. The molecule has 0 saturated carbocycles. The summed E-state index contributed by atoms with van der Waals surface area (Å²) in [6.07, 6.45) is 0.807. The first-order valence-corrected chi connectivity index (χ1v) is 12.1. The van der Waals surface area contributed by atoms with Crippen molar-refractivity contribution in [3.05, 3.63) is 48.0 Å². The van der Waals surface area contributed by atoms with E-state index in [0.29, 0.717) is 47.3 Å². The maximum Gasteiger partial charge on any atom is 0.227 e. The summed E-state index contributed by atoms with van der Waals surface area (Å²) in [5, 5.41) is 10.8. The molecule has 0 bridgehead atoms. The van der Waals surface area contributed by atoms with Crippen molar-refractivity contribution >= 4 is 28.5 Å². The van der Waals surface area contributed by atoms with Gasteiger partial charge >= 0.3 is 0 Å². The molecule has 1 saturated heterocycles. The van der Waals surface area contributed by atoms with Gasteiger partial charge in [0.2, 0.25) is 5.95 Å². The highest BCUT2D eigenvalue weighted by molar-refractivity contribution is 5.91. The summed E-state index contributed by atoms with van der Waals surface area (Å²) in [6, 6.07) is 14.1. The first-order valence-electron chi connectivity index (χ1n) is 12.1. The molecule has 1 fully saturated rings. The van der Waals surface area contributed by atoms with Gasteiger partial charge in [-0.25, -0.2) is 4.98 Å². The van der Waals surface area contributed by atoms with Crippen molar-refractivity contribution in [2.45, 2.75) is 31.3 Å². The van der Waals surface area contributed by atoms with E-state index in [1.54, 1.807) is 20.3 Å². The van der Waals surface area contributed by atoms with Crippen molar-refractivity contribution < 1.29 is 19.4 Å². The minimum absolute atomic E-state index is 0.141. The molecule has 0 unspecified atom stereocenters. The van der Waals surface area contributed by atoms with Crippen LogP contribution in [0.4, 0.5) is 11.8 Å². The number of anilines is 2. The number of β-amino-alcohol motifs (C(OH)–C–C–N with tert-alkyl or cyclic N) is 1. The van der Waals surface area contributed by atoms with Gasteiger partial charge in [-0.1, -0.05) is 30.3 Å². The van der Waals surface area contributed by atoms with Crippen molar-refractivity contribution in [3.8, 4) is 11.5 Å². The molecular weight excluding hydrogens is 458 g/mol. The van der Waals surface area contributed by atoms with Crippen LogP contribution in [0.2, 0.25) is 0 Å². The van der Waals surface area contributed by atoms with Crippen LogP contribution < -0.4 is 20.1 Å². The Kier molecular flexibility index (Phi) is 7.61. The molecular formula is C27H35N5O4. The number of fused-ring (bicyclic) bond motifs is 1. The topological polar surface area (TPSA) is 114 Å². The molecule has 1 aliphatic rings. The Labute approximate surface area is 211 Å². The number of piperidine rings is 1. The third-order valence-electron chi connectivity index (χ3n) is 7.20. The number of aliphatic hydroxyl groups is 1. The summed E-state index contributed by atoms with van der Waals surface area (Å²) < 4.78 is 10.8. The molecule has 36 heavy (non-hydrogen) atoms. The summed E-state index contributed by atoms with van der Waals surface area (Å²) in [5.74, 6) is 1.88. The van der Waals surface area contributed by atoms with Crippen molar-refractivity contribution in [1.29, 1.82) is 0 Å². The van der Waals surface area contributed by atoms with E-state index in [4.69, 9.17) is 20.2 Å². The lowest BCUT2D eigenvalue weighted by Gasteiger charge is -2.44. The summed E-state index contributed by atoms with van der Waals surface area (Å²) in [6.45, 7) is 4.05. The van der Waals surface area contributed by atoms with Gasteiger partial charge in [0.05, 0.1) is 19.7 Å². The second-order valence-electron chi connectivity index (χ2n) is 9.56. The number of hydrogen-bond acceptors (Lipinski definition) is 9. The molecule has 9 heteroatoms. The van der Waals surface area contributed by atoms with E-state index in [9.17, 15) is 9.90 Å². The second kappa shape index (κ2) is 10.7. The molecule has 0 spiro atoms. The number of nitrogen functional groups attached to an aromatic ring is 1. The molecule has 4 rings (SSSR count). The zero-order valence-corrected chi connectivity index (χ0v) is 21.4. The number of ether oxygens (including phenoxy) is 2. The van der Waals surface area contributed by atoms with Crippen molar-refractivity contribution in [2.24, 2.45) is 0 Å². The van der Waals surface area contributed by atoms with Gasteiger partial charge in [0, 0.05) is 37.0 Å². The minimum atomic E-state index is -0.943.